The van der Waals surface area contributed by atoms with E-state index in [0.717, 1.165) is 12.8 Å². The van der Waals surface area contributed by atoms with Gasteiger partial charge >= 0.3 is 0 Å². The van der Waals surface area contributed by atoms with Crippen LogP contribution >= 0.6 is 0 Å². The molecule has 9 heavy (non-hydrogen) atoms. The first kappa shape index (κ1) is 8.92. The standard InChI is InChI=1S/C7H15O2/c1-2-3-4-5-6-7-9-8/h2,8H,3-7H2,1H3. The monoisotopic (exact) mass is 131 g/mol. The van der Waals surface area contributed by atoms with Crippen molar-refractivity contribution in [3.8, 4) is 0 Å². The predicted octanol–water partition coefficient (Wildman–Crippen LogP) is 2.26. The normalized spacial score (nSPS) is 10.0. The highest BCUT2D eigenvalue weighted by Gasteiger charge is 1.86. The van der Waals surface area contributed by atoms with Gasteiger partial charge in [-0.25, -0.2) is 4.89 Å². The van der Waals surface area contributed by atoms with Crippen LogP contribution in [0.2, 0.25) is 0 Å². The molecule has 0 atom stereocenters. The van der Waals surface area contributed by atoms with Gasteiger partial charge in [0.2, 0.25) is 0 Å². The third kappa shape index (κ3) is 7.92. The van der Waals surface area contributed by atoms with Crippen LogP contribution in [0, 0.1) is 6.42 Å². The molecule has 0 aromatic carbocycles. The molecule has 0 aliphatic rings. The lowest BCUT2D eigenvalue weighted by Gasteiger charge is -1.95. The molecule has 0 aromatic heterocycles. The van der Waals surface area contributed by atoms with E-state index in [4.69, 9.17) is 5.26 Å². The van der Waals surface area contributed by atoms with Gasteiger partial charge < -0.3 is 0 Å². The minimum atomic E-state index is 0.476. The van der Waals surface area contributed by atoms with Gasteiger partial charge in [-0.2, -0.15) is 0 Å². The molecular weight excluding hydrogens is 116 g/mol. The lowest BCUT2D eigenvalue weighted by molar-refractivity contribution is -0.242. The topological polar surface area (TPSA) is 29.5 Å². The zero-order valence-electron chi connectivity index (χ0n) is 5.97. The Hall–Kier alpha value is -0.0800. The lowest BCUT2D eigenvalue weighted by Crippen LogP contribution is -1.88. The van der Waals surface area contributed by atoms with Crippen LogP contribution in [0.1, 0.15) is 32.6 Å². The van der Waals surface area contributed by atoms with Crippen LogP contribution in [-0.2, 0) is 4.89 Å². The van der Waals surface area contributed by atoms with E-state index >= 15 is 0 Å². The maximum atomic E-state index is 7.91. The van der Waals surface area contributed by atoms with Crippen molar-refractivity contribution >= 4 is 0 Å². The van der Waals surface area contributed by atoms with Crippen LogP contribution < -0.4 is 0 Å². The van der Waals surface area contributed by atoms with Crippen molar-refractivity contribution in [3.63, 3.8) is 0 Å². The average Bonchev–Trinajstić information content (AvgIpc) is 1.89. The first-order valence-electron chi connectivity index (χ1n) is 3.46. The van der Waals surface area contributed by atoms with Crippen LogP contribution in [0.5, 0.6) is 0 Å². The van der Waals surface area contributed by atoms with Gasteiger partial charge in [0.1, 0.15) is 0 Å². The molecule has 2 nitrogen and oxygen atoms in total. The summed E-state index contributed by atoms with van der Waals surface area (Å²) in [5.41, 5.74) is 0. The molecule has 0 unspecified atom stereocenters. The molecule has 0 saturated heterocycles. The largest absolute Gasteiger partial charge is 0.252 e. The Kier molecular flexibility index (Phi) is 7.85. The van der Waals surface area contributed by atoms with Crippen LogP contribution in [0.3, 0.4) is 0 Å². The molecule has 2 heteroatoms. The second kappa shape index (κ2) is 7.92. The van der Waals surface area contributed by atoms with Crippen LogP contribution in [0.25, 0.3) is 0 Å². The first-order valence-corrected chi connectivity index (χ1v) is 3.46. The van der Waals surface area contributed by atoms with Crippen molar-refractivity contribution in [2.24, 2.45) is 0 Å². The Morgan fingerprint density at radius 3 is 2.67 bits per heavy atom. The minimum absolute atomic E-state index is 0.476. The van der Waals surface area contributed by atoms with E-state index in [1.807, 2.05) is 0 Å². The van der Waals surface area contributed by atoms with Gasteiger partial charge in [-0.3, -0.25) is 5.26 Å². The number of hydrogen-bond donors (Lipinski definition) is 1. The van der Waals surface area contributed by atoms with Gasteiger partial charge in [-0.05, 0) is 12.8 Å². The third-order valence-electron chi connectivity index (χ3n) is 1.23. The number of unbranched alkanes of at least 4 members (excludes halogenated alkanes) is 4. The fourth-order valence-electron chi connectivity index (χ4n) is 0.692. The maximum Gasteiger partial charge on any atom is 0.0819 e. The summed E-state index contributed by atoms with van der Waals surface area (Å²) in [5, 5.41) is 7.91. The molecule has 0 bridgehead atoms. The summed E-state index contributed by atoms with van der Waals surface area (Å²) in [6.07, 6.45) is 6.64. The van der Waals surface area contributed by atoms with Crippen molar-refractivity contribution in [2.75, 3.05) is 6.61 Å². The highest BCUT2D eigenvalue weighted by atomic mass is 17.1. The van der Waals surface area contributed by atoms with Crippen LogP contribution in [0.15, 0.2) is 0 Å². The fourth-order valence-corrected chi connectivity index (χ4v) is 0.692. The highest BCUT2D eigenvalue weighted by molar-refractivity contribution is 4.54. The second-order valence-electron chi connectivity index (χ2n) is 2.09. The van der Waals surface area contributed by atoms with E-state index in [1.54, 1.807) is 0 Å². The number of rotatable bonds is 6. The predicted molar refractivity (Wildman–Crippen MR) is 37.0 cm³/mol. The molecule has 0 fully saturated rings. The Bertz CT molecular complexity index is 40.2. The fraction of sp³-hybridized carbons (Fsp3) is 0.857. The minimum Gasteiger partial charge on any atom is -0.252 e. The molecule has 55 valence electrons. The molecule has 0 spiro atoms. The van der Waals surface area contributed by atoms with E-state index in [9.17, 15) is 0 Å². The van der Waals surface area contributed by atoms with Crippen molar-refractivity contribution in [1.82, 2.24) is 0 Å². The Balaban J connectivity index is 2.60. The van der Waals surface area contributed by atoms with Gasteiger partial charge in [0.15, 0.2) is 0 Å². The van der Waals surface area contributed by atoms with Crippen molar-refractivity contribution in [1.29, 1.82) is 0 Å². The van der Waals surface area contributed by atoms with E-state index in [0.29, 0.717) is 6.61 Å². The smallest absolute Gasteiger partial charge is 0.0819 e. The summed E-state index contributed by atoms with van der Waals surface area (Å²) in [6, 6.07) is 0. The zero-order chi connectivity index (χ0) is 6.95. The van der Waals surface area contributed by atoms with Crippen LogP contribution in [-0.4, -0.2) is 11.9 Å². The molecule has 0 saturated carbocycles. The molecule has 0 aliphatic heterocycles. The number of hydrogen-bond acceptors (Lipinski definition) is 2. The quantitative estimate of drug-likeness (QED) is 0.340. The summed E-state index contributed by atoms with van der Waals surface area (Å²) >= 11 is 0. The summed E-state index contributed by atoms with van der Waals surface area (Å²) < 4.78 is 0. The molecule has 1 radical (unpaired) electrons. The van der Waals surface area contributed by atoms with Crippen LogP contribution in [0.4, 0.5) is 0 Å². The Morgan fingerprint density at radius 2 is 2.11 bits per heavy atom. The second-order valence-corrected chi connectivity index (χ2v) is 2.09. The van der Waals surface area contributed by atoms with Gasteiger partial charge in [0.05, 0.1) is 6.61 Å². The molecule has 0 amide bonds. The zero-order valence-corrected chi connectivity index (χ0v) is 5.97. The Morgan fingerprint density at radius 1 is 1.33 bits per heavy atom. The maximum absolute atomic E-state index is 7.91. The highest BCUT2D eigenvalue weighted by Crippen LogP contribution is 2.00. The van der Waals surface area contributed by atoms with Gasteiger partial charge in [-0.1, -0.05) is 26.2 Å². The molecule has 1 N–H and O–H groups in total. The van der Waals surface area contributed by atoms with Gasteiger partial charge in [-0.15, -0.1) is 0 Å². The van der Waals surface area contributed by atoms with E-state index < -0.39 is 0 Å². The first-order chi connectivity index (χ1) is 4.41. The van der Waals surface area contributed by atoms with Gasteiger partial charge in [0, 0.05) is 0 Å². The summed E-state index contributed by atoms with van der Waals surface area (Å²) in [5.74, 6) is 0. The molecular formula is C7H15O2. The molecule has 0 aromatic rings. The summed E-state index contributed by atoms with van der Waals surface area (Å²) in [6.45, 7) is 2.53. The average molecular weight is 131 g/mol. The van der Waals surface area contributed by atoms with Crippen molar-refractivity contribution < 1.29 is 10.1 Å². The van der Waals surface area contributed by atoms with Crippen molar-refractivity contribution in [2.45, 2.75) is 32.6 Å². The summed E-state index contributed by atoms with van der Waals surface area (Å²) in [4.78, 5) is 3.91. The van der Waals surface area contributed by atoms with Gasteiger partial charge in [0.25, 0.3) is 0 Å². The summed E-state index contributed by atoms with van der Waals surface area (Å²) in [7, 11) is 0. The Labute approximate surface area is 56.8 Å². The molecule has 0 rings (SSSR count). The third-order valence-corrected chi connectivity index (χ3v) is 1.23. The molecule has 0 aliphatic carbocycles. The molecule has 0 heterocycles. The SMILES string of the molecule is C[CH]CCCCCOO. The lowest BCUT2D eigenvalue weighted by atomic mass is 10.2. The van der Waals surface area contributed by atoms with E-state index in [1.165, 1.54) is 12.8 Å². The van der Waals surface area contributed by atoms with E-state index in [2.05, 4.69) is 18.2 Å². The van der Waals surface area contributed by atoms with E-state index in [-0.39, 0.29) is 0 Å². The van der Waals surface area contributed by atoms with Crippen molar-refractivity contribution in [3.05, 3.63) is 6.42 Å².